The summed E-state index contributed by atoms with van der Waals surface area (Å²) >= 11 is 18.1. The number of nitriles is 1. The van der Waals surface area contributed by atoms with Gasteiger partial charge in [0.1, 0.15) is 17.8 Å². The first kappa shape index (κ1) is 18.3. The number of aromatic nitrogens is 2. The molecule has 128 valence electrons. The molecule has 3 aromatic rings. The Balaban J connectivity index is 1.99. The van der Waals surface area contributed by atoms with Crippen molar-refractivity contribution in [3.63, 3.8) is 0 Å². The predicted octanol–water partition coefficient (Wildman–Crippen LogP) is 5.52. The van der Waals surface area contributed by atoms with Crippen LogP contribution in [0.15, 0.2) is 59.9 Å². The van der Waals surface area contributed by atoms with E-state index in [1.165, 1.54) is 0 Å². The van der Waals surface area contributed by atoms with Crippen LogP contribution in [0.2, 0.25) is 15.1 Å². The van der Waals surface area contributed by atoms with Crippen LogP contribution in [0.25, 0.3) is 0 Å². The number of hydrogen-bond donors (Lipinski definition) is 0. The zero-order valence-electron chi connectivity index (χ0n) is 13.3. The number of rotatable bonds is 4. The SMILES string of the molecule is N#Cc1ccc(/C=N/C(c2ccc(Cl)c(Cl)c2)c2ccc(Cl)cn2)cn1. The smallest absolute Gasteiger partial charge is 0.140 e. The van der Waals surface area contributed by atoms with Crippen molar-refractivity contribution in [2.75, 3.05) is 0 Å². The number of benzene rings is 1. The average molecular weight is 402 g/mol. The Hall–Kier alpha value is -2.45. The van der Waals surface area contributed by atoms with Crippen molar-refractivity contribution in [1.82, 2.24) is 9.97 Å². The summed E-state index contributed by atoms with van der Waals surface area (Å²) in [6, 6.07) is 13.9. The molecule has 0 spiro atoms. The molecule has 7 heteroatoms. The molecular weight excluding hydrogens is 391 g/mol. The zero-order valence-corrected chi connectivity index (χ0v) is 15.5. The van der Waals surface area contributed by atoms with Gasteiger partial charge in [-0.05, 0) is 42.0 Å². The van der Waals surface area contributed by atoms with Gasteiger partial charge in [-0.3, -0.25) is 9.98 Å². The lowest BCUT2D eigenvalue weighted by molar-refractivity contribution is 0.835. The van der Waals surface area contributed by atoms with E-state index in [1.807, 2.05) is 18.2 Å². The van der Waals surface area contributed by atoms with E-state index in [-0.39, 0.29) is 0 Å². The van der Waals surface area contributed by atoms with Gasteiger partial charge < -0.3 is 0 Å². The van der Waals surface area contributed by atoms with Crippen LogP contribution in [0.1, 0.15) is 28.6 Å². The first-order valence-electron chi connectivity index (χ1n) is 7.52. The molecule has 0 saturated carbocycles. The fourth-order valence-electron chi connectivity index (χ4n) is 2.27. The topological polar surface area (TPSA) is 61.9 Å². The van der Waals surface area contributed by atoms with Gasteiger partial charge in [-0.2, -0.15) is 5.26 Å². The lowest BCUT2D eigenvalue weighted by Gasteiger charge is -2.13. The van der Waals surface area contributed by atoms with Gasteiger partial charge in [0.15, 0.2) is 0 Å². The highest BCUT2D eigenvalue weighted by atomic mass is 35.5. The lowest BCUT2D eigenvalue weighted by Crippen LogP contribution is -2.02. The van der Waals surface area contributed by atoms with Crippen LogP contribution in [0.4, 0.5) is 0 Å². The van der Waals surface area contributed by atoms with E-state index < -0.39 is 6.04 Å². The van der Waals surface area contributed by atoms with Gasteiger partial charge in [-0.1, -0.05) is 40.9 Å². The summed E-state index contributed by atoms with van der Waals surface area (Å²) < 4.78 is 0. The standard InChI is InChI=1S/C19H11Cl3N4/c20-14-3-6-18(25-11-14)19(13-2-5-16(21)17(22)7-13)26-10-12-1-4-15(8-23)24-9-12/h1-7,9-11,19H/b26-10+. The molecule has 0 N–H and O–H groups in total. The maximum Gasteiger partial charge on any atom is 0.140 e. The van der Waals surface area contributed by atoms with Gasteiger partial charge in [0.05, 0.1) is 20.8 Å². The van der Waals surface area contributed by atoms with Crippen molar-refractivity contribution in [2.45, 2.75) is 6.04 Å². The molecule has 1 aromatic carbocycles. The minimum Gasteiger partial charge on any atom is -0.278 e. The molecule has 2 aromatic heterocycles. The number of aliphatic imine (C=N–C) groups is 1. The molecule has 26 heavy (non-hydrogen) atoms. The van der Waals surface area contributed by atoms with Crippen molar-refractivity contribution in [1.29, 1.82) is 5.26 Å². The molecule has 0 aliphatic carbocycles. The summed E-state index contributed by atoms with van der Waals surface area (Å²) in [6.07, 6.45) is 4.83. The second-order valence-corrected chi connectivity index (χ2v) is 6.59. The molecule has 0 aliphatic heterocycles. The first-order chi connectivity index (χ1) is 12.6. The normalized spacial score (nSPS) is 12.1. The van der Waals surface area contributed by atoms with E-state index in [0.717, 1.165) is 11.1 Å². The third-order valence-electron chi connectivity index (χ3n) is 3.56. The first-order valence-corrected chi connectivity index (χ1v) is 8.66. The van der Waals surface area contributed by atoms with Crippen LogP contribution in [0, 0.1) is 11.3 Å². The molecule has 3 rings (SSSR count). The van der Waals surface area contributed by atoms with Gasteiger partial charge in [-0.25, -0.2) is 4.98 Å². The number of halogens is 3. The Bertz CT molecular complexity index is 977. The second kappa shape index (κ2) is 8.29. The van der Waals surface area contributed by atoms with Crippen molar-refractivity contribution in [3.05, 3.63) is 92.4 Å². The quantitative estimate of drug-likeness (QED) is 0.541. The van der Waals surface area contributed by atoms with Crippen LogP contribution < -0.4 is 0 Å². The average Bonchev–Trinajstić information content (AvgIpc) is 2.66. The third kappa shape index (κ3) is 4.39. The van der Waals surface area contributed by atoms with E-state index >= 15 is 0 Å². The largest absolute Gasteiger partial charge is 0.278 e. The zero-order chi connectivity index (χ0) is 18.5. The minimum atomic E-state index is -0.391. The summed E-state index contributed by atoms with van der Waals surface area (Å²) in [5.41, 5.74) is 2.67. The van der Waals surface area contributed by atoms with E-state index in [1.54, 1.807) is 48.9 Å². The molecule has 0 fully saturated rings. The summed E-state index contributed by atoms with van der Waals surface area (Å²) in [4.78, 5) is 13.0. The minimum absolute atomic E-state index is 0.350. The molecule has 4 nitrogen and oxygen atoms in total. The number of hydrogen-bond acceptors (Lipinski definition) is 4. The fraction of sp³-hybridized carbons (Fsp3) is 0.0526. The Morgan fingerprint density at radius 1 is 0.962 bits per heavy atom. The Morgan fingerprint density at radius 3 is 2.42 bits per heavy atom. The van der Waals surface area contributed by atoms with Crippen molar-refractivity contribution in [2.24, 2.45) is 4.99 Å². The van der Waals surface area contributed by atoms with Crippen molar-refractivity contribution < 1.29 is 0 Å². The molecule has 1 atom stereocenters. The van der Waals surface area contributed by atoms with Crippen LogP contribution >= 0.6 is 34.8 Å². The highest BCUT2D eigenvalue weighted by molar-refractivity contribution is 6.42. The van der Waals surface area contributed by atoms with Crippen LogP contribution in [-0.2, 0) is 0 Å². The molecular formula is C19H11Cl3N4. The van der Waals surface area contributed by atoms with Gasteiger partial charge in [0.2, 0.25) is 0 Å². The second-order valence-electron chi connectivity index (χ2n) is 5.34. The highest BCUT2D eigenvalue weighted by Gasteiger charge is 2.15. The van der Waals surface area contributed by atoms with Crippen LogP contribution in [0.5, 0.6) is 0 Å². The molecule has 0 aliphatic rings. The van der Waals surface area contributed by atoms with Gasteiger partial charge in [-0.15, -0.1) is 0 Å². The summed E-state index contributed by atoms with van der Waals surface area (Å²) in [5, 5.41) is 10.3. The van der Waals surface area contributed by atoms with E-state index in [4.69, 9.17) is 40.1 Å². The van der Waals surface area contributed by atoms with E-state index in [9.17, 15) is 0 Å². The molecule has 1 unspecified atom stereocenters. The Morgan fingerprint density at radius 2 is 1.81 bits per heavy atom. The molecule has 0 amide bonds. The van der Waals surface area contributed by atoms with Gasteiger partial charge in [0, 0.05) is 24.2 Å². The van der Waals surface area contributed by atoms with Crippen LogP contribution in [-0.4, -0.2) is 16.2 Å². The maximum absolute atomic E-state index is 8.83. The van der Waals surface area contributed by atoms with Crippen molar-refractivity contribution in [3.8, 4) is 6.07 Å². The van der Waals surface area contributed by atoms with Gasteiger partial charge >= 0.3 is 0 Å². The summed E-state index contributed by atoms with van der Waals surface area (Å²) in [6.45, 7) is 0. The fourth-order valence-corrected chi connectivity index (χ4v) is 2.69. The highest BCUT2D eigenvalue weighted by Crippen LogP contribution is 2.30. The van der Waals surface area contributed by atoms with Crippen molar-refractivity contribution >= 4 is 41.0 Å². The van der Waals surface area contributed by atoms with E-state index in [0.29, 0.717) is 26.5 Å². The molecule has 2 heterocycles. The molecule has 0 saturated heterocycles. The van der Waals surface area contributed by atoms with Gasteiger partial charge in [0.25, 0.3) is 0 Å². The molecule has 0 radical (unpaired) electrons. The maximum atomic E-state index is 8.83. The number of nitrogens with zero attached hydrogens (tertiary/aromatic N) is 4. The Kier molecular flexibility index (Phi) is 5.85. The summed E-state index contributed by atoms with van der Waals surface area (Å²) in [7, 11) is 0. The summed E-state index contributed by atoms with van der Waals surface area (Å²) in [5.74, 6) is 0. The van der Waals surface area contributed by atoms with E-state index in [2.05, 4.69) is 15.0 Å². The third-order valence-corrected chi connectivity index (χ3v) is 4.53. The Labute approximate surface area is 165 Å². The van der Waals surface area contributed by atoms with Crippen LogP contribution in [0.3, 0.4) is 0 Å². The molecule has 0 bridgehead atoms. The number of pyridine rings is 2. The lowest BCUT2D eigenvalue weighted by atomic mass is 10.0. The monoisotopic (exact) mass is 400 g/mol. The predicted molar refractivity (Wildman–Crippen MR) is 104 cm³/mol.